The summed E-state index contributed by atoms with van der Waals surface area (Å²) in [6, 6.07) is 0. The quantitative estimate of drug-likeness (QED) is 0.698. The molecule has 1 N–H and O–H groups in total. The second kappa shape index (κ2) is 5.64. The number of aryl methyl sites for hydroxylation is 1. The van der Waals surface area contributed by atoms with Gasteiger partial charge in [-0.3, -0.25) is 4.79 Å². The van der Waals surface area contributed by atoms with E-state index in [0.29, 0.717) is 0 Å². The summed E-state index contributed by atoms with van der Waals surface area (Å²) in [5, 5.41) is 8.36. The van der Waals surface area contributed by atoms with Crippen LogP contribution in [0.2, 0.25) is 0 Å². The van der Waals surface area contributed by atoms with Crippen molar-refractivity contribution in [2.24, 2.45) is 0 Å². The average Bonchev–Trinajstić information content (AvgIpc) is 2.55. The maximum absolute atomic E-state index is 10.2. The Balaban J connectivity index is 1.99. The summed E-state index contributed by atoms with van der Waals surface area (Å²) in [4.78, 5) is 14.1. The minimum absolute atomic E-state index is 0.198. The normalized spacial score (nSPS) is 10.2. The van der Waals surface area contributed by atoms with Crippen molar-refractivity contribution in [2.75, 3.05) is 11.5 Å². The topological polar surface area (TPSA) is 55.1 Å². The number of aliphatic carboxylic acids is 1. The Morgan fingerprint density at radius 1 is 1.62 bits per heavy atom. The van der Waals surface area contributed by atoms with E-state index in [1.54, 1.807) is 12.5 Å². The van der Waals surface area contributed by atoms with Crippen molar-refractivity contribution < 1.29 is 9.90 Å². The zero-order valence-electron chi connectivity index (χ0n) is 7.22. The molecule has 0 saturated carbocycles. The maximum Gasteiger partial charge on any atom is 0.313 e. The highest BCUT2D eigenvalue weighted by atomic mass is 32.2. The minimum atomic E-state index is -0.743. The average molecular weight is 200 g/mol. The second-order valence-electron chi connectivity index (χ2n) is 2.60. The molecule has 13 heavy (non-hydrogen) atoms. The van der Waals surface area contributed by atoms with Crippen LogP contribution in [0.3, 0.4) is 0 Å². The van der Waals surface area contributed by atoms with Gasteiger partial charge in [-0.2, -0.15) is 11.8 Å². The smallest absolute Gasteiger partial charge is 0.313 e. The monoisotopic (exact) mass is 200 g/mol. The van der Waals surface area contributed by atoms with E-state index in [-0.39, 0.29) is 5.75 Å². The molecule has 0 unspecified atom stereocenters. The van der Waals surface area contributed by atoms with E-state index in [0.717, 1.165) is 18.7 Å². The molecule has 72 valence electrons. The maximum atomic E-state index is 10.2. The van der Waals surface area contributed by atoms with Crippen molar-refractivity contribution in [3.63, 3.8) is 0 Å². The van der Waals surface area contributed by atoms with Gasteiger partial charge in [0, 0.05) is 18.9 Å². The van der Waals surface area contributed by atoms with Gasteiger partial charge in [-0.1, -0.05) is 0 Å². The summed E-state index contributed by atoms with van der Waals surface area (Å²) in [6.45, 7) is 0.909. The molecule has 0 aromatic carbocycles. The molecular weight excluding hydrogens is 188 g/mol. The SMILES string of the molecule is O=C(O)CSCCCn1ccnc1. The molecule has 0 aliphatic rings. The largest absolute Gasteiger partial charge is 0.481 e. The lowest BCUT2D eigenvalue weighted by Crippen LogP contribution is -2.00. The molecule has 1 rings (SSSR count). The summed E-state index contributed by atoms with van der Waals surface area (Å²) in [7, 11) is 0. The Morgan fingerprint density at radius 2 is 2.46 bits per heavy atom. The molecule has 0 aliphatic heterocycles. The van der Waals surface area contributed by atoms with Gasteiger partial charge in [0.2, 0.25) is 0 Å². The van der Waals surface area contributed by atoms with E-state index < -0.39 is 5.97 Å². The van der Waals surface area contributed by atoms with Gasteiger partial charge in [-0.15, -0.1) is 0 Å². The van der Waals surface area contributed by atoms with Gasteiger partial charge in [0.05, 0.1) is 12.1 Å². The summed E-state index contributed by atoms with van der Waals surface area (Å²) >= 11 is 1.45. The molecule has 0 saturated heterocycles. The van der Waals surface area contributed by atoms with Crippen LogP contribution in [0.1, 0.15) is 6.42 Å². The van der Waals surface area contributed by atoms with Crippen molar-refractivity contribution in [1.29, 1.82) is 0 Å². The van der Waals surface area contributed by atoms with E-state index in [2.05, 4.69) is 4.98 Å². The molecular formula is C8H12N2O2S. The van der Waals surface area contributed by atoms with Crippen LogP contribution in [-0.2, 0) is 11.3 Å². The summed E-state index contributed by atoms with van der Waals surface area (Å²) in [5.41, 5.74) is 0. The zero-order valence-corrected chi connectivity index (χ0v) is 8.04. The Labute approximate surface area is 81.0 Å². The van der Waals surface area contributed by atoms with Gasteiger partial charge in [0.15, 0.2) is 0 Å². The molecule has 1 heterocycles. The number of carboxylic acids is 1. The lowest BCUT2D eigenvalue weighted by atomic mass is 10.5. The van der Waals surface area contributed by atoms with Gasteiger partial charge in [-0.05, 0) is 12.2 Å². The first-order valence-corrected chi connectivity index (χ1v) is 5.20. The molecule has 0 bridgehead atoms. The molecule has 4 nitrogen and oxygen atoms in total. The third-order valence-corrected chi connectivity index (χ3v) is 2.52. The molecule has 0 fully saturated rings. The van der Waals surface area contributed by atoms with E-state index >= 15 is 0 Å². The Kier molecular flexibility index (Phi) is 4.39. The fourth-order valence-electron chi connectivity index (χ4n) is 0.928. The molecule has 0 amide bonds. The number of imidazole rings is 1. The highest BCUT2D eigenvalue weighted by molar-refractivity contribution is 7.99. The molecule has 5 heteroatoms. The molecule has 1 aromatic rings. The minimum Gasteiger partial charge on any atom is -0.481 e. The Bertz CT molecular complexity index is 249. The van der Waals surface area contributed by atoms with Crippen molar-refractivity contribution in [2.45, 2.75) is 13.0 Å². The summed E-state index contributed by atoms with van der Waals surface area (Å²) < 4.78 is 1.99. The zero-order chi connectivity index (χ0) is 9.52. The number of carboxylic acid groups (broad SMARTS) is 1. The van der Waals surface area contributed by atoms with Crippen LogP contribution in [0.25, 0.3) is 0 Å². The number of nitrogens with zero attached hydrogens (tertiary/aromatic N) is 2. The molecule has 0 spiro atoms. The van der Waals surface area contributed by atoms with Crippen molar-refractivity contribution in [1.82, 2.24) is 9.55 Å². The molecule has 0 radical (unpaired) electrons. The highest BCUT2D eigenvalue weighted by Gasteiger charge is 1.96. The van der Waals surface area contributed by atoms with E-state index in [4.69, 9.17) is 5.11 Å². The van der Waals surface area contributed by atoms with Gasteiger partial charge in [0.1, 0.15) is 0 Å². The molecule has 0 aliphatic carbocycles. The third-order valence-electron chi connectivity index (χ3n) is 1.49. The predicted octanol–water partition coefficient (Wildman–Crippen LogP) is 1.09. The van der Waals surface area contributed by atoms with E-state index in [1.165, 1.54) is 11.8 Å². The van der Waals surface area contributed by atoms with Crippen LogP contribution in [0, 0.1) is 0 Å². The first kappa shape index (κ1) is 10.1. The standard InChI is InChI=1S/C8H12N2O2S/c11-8(12)6-13-5-1-3-10-4-2-9-7-10/h2,4,7H,1,3,5-6H2,(H,11,12). The van der Waals surface area contributed by atoms with Crippen LogP contribution in [-0.4, -0.2) is 32.1 Å². The first-order valence-electron chi connectivity index (χ1n) is 4.04. The highest BCUT2D eigenvalue weighted by Crippen LogP contribution is 2.03. The lowest BCUT2D eigenvalue weighted by Gasteiger charge is -2.00. The fourth-order valence-corrected chi connectivity index (χ4v) is 1.58. The van der Waals surface area contributed by atoms with Gasteiger partial charge in [0.25, 0.3) is 0 Å². The van der Waals surface area contributed by atoms with Crippen LogP contribution in [0.15, 0.2) is 18.7 Å². The fraction of sp³-hybridized carbons (Fsp3) is 0.500. The van der Waals surface area contributed by atoms with Crippen molar-refractivity contribution in [3.05, 3.63) is 18.7 Å². The number of carbonyl (C=O) groups is 1. The van der Waals surface area contributed by atoms with Gasteiger partial charge < -0.3 is 9.67 Å². The Hall–Kier alpha value is -0.970. The Morgan fingerprint density at radius 3 is 3.08 bits per heavy atom. The number of hydrogen-bond donors (Lipinski definition) is 1. The number of aromatic nitrogens is 2. The van der Waals surface area contributed by atoms with Crippen molar-refractivity contribution >= 4 is 17.7 Å². The number of thioether (sulfide) groups is 1. The first-order chi connectivity index (χ1) is 6.29. The number of hydrogen-bond acceptors (Lipinski definition) is 3. The molecule has 1 aromatic heterocycles. The van der Waals surface area contributed by atoms with Crippen LogP contribution in [0.5, 0.6) is 0 Å². The number of rotatable bonds is 6. The third kappa shape index (κ3) is 4.57. The molecule has 0 atom stereocenters. The predicted molar refractivity (Wildman–Crippen MR) is 51.8 cm³/mol. The summed E-state index contributed by atoms with van der Waals surface area (Å²) in [5.74, 6) is 0.335. The van der Waals surface area contributed by atoms with Crippen LogP contribution < -0.4 is 0 Å². The lowest BCUT2D eigenvalue weighted by molar-refractivity contribution is -0.133. The summed E-state index contributed by atoms with van der Waals surface area (Å²) in [6.07, 6.45) is 6.39. The van der Waals surface area contributed by atoms with Gasteiger partial charge in [-0.25, -0.2) is 4.98 Å². The van der Waals surface area contributed by atoms with Crippen LogP contribution in [0.4, 0.5) is 0 Å². The van der Waals surface area contributed by atoms with Crippen molar-refractivity contribution in [3.8, 4) is 0 Å². The van der Waals surface area contributed by atoms with Gasteiger partial charge >= 0.3 is 5.97 Å². The second-order valence-corrected chi connectivity index (χ2v) is 3.71. The van der Waals surface area contributed by atoms with E-state index in [1.807, 2.05) is 10.8 Å². The van der Waals surface area contributed by atoms with E-state index in [9.17, 15) is 4.79 Å². The van der Waals surface area contributed by atoms with Crippen LogP contribution >= 0.6 is 11.8 Å².